The lowest BCUT2D eigenvalue weighted by Gasteiger charge is -2.11. The van der Waals surface area contributed by atoms with Gasteiger partial charge in [-0.25, -0.2) is 10.2 Å². The number of alkyl halides is 3. The summed E-state index contributed by atoms with van der Waals surface area (Å²) >= 11 is 0. The fourth-order valence-corrected chi connectivity index (χ4v) is 1.70. The highest BCUT2D eigenvalue weighted by molar-refractivity contribution is 5.90. The quantitative estimate of drug-likeness (QED) is 0.476. The summed E-state index contributed by atoms with van der Waals surface area (Å²) in [6.45, 7) is 0.0548. The molecule has 0 aliphatic rings. The van der Waals surface area contributed by atoms with E-state index in [0.717, 1.165) is 18.2 Å². The molecule has 128 valence electrons. The van der Waals surface area contributed by atoms with Gasteiger partial charge in [0.1, 0.15) is 0 Å². The van der Waals surface area contributed by atoms with Crippen molar-refractivity contribution in [2.24, 2.45) is 0 Å². The van der Waals surface area contributed by atoms with Gasteiger partial charge in [-0.2, -0.15) is 13.2 Å². The van der Waals surface area contributed by atoms with Gasteiger partial charge in [-0.3, -0.25) is 10.2 Å². The van der Waals surface area contributed by atoms with Gasteiger partial charge in [0, 0.05) is 18.7 Å². The fourth-order valence-electron chi connectivity index (χ4n) is 1.70. The maximum absolute atomic E-state index is 12.5. The van der Waals surface area contributed by atoms with E-state index in [1.807, 2.05) is 5.43 Å². The predicted octanol–water partition coefficient (Wildman–Crippen LogP) is 2.41. The highest BCUT2D eigenvalue weighted by atomic mass is 19.4. The Morgan fingerprint density at radius 3 is 2.48 bits per heavy atom. The van der Waals surface area contributed by atoms with E-state index in [9.17, 15) is 22.8 Å². The van der Waals surface area contributed by atoms with Crippen molar-refractivity contribution in [1.29, 1.82) is 0 Å². The largest absolute Gasteiger partial charge is 0.416 e. The minimum Gasteiger partial charge on any atom is -0.396 e. The molecule has 0 radical (unpaired) electrons. The van der Waals surface area contributed by atoms with Crippen LogP contribution in [0, 0.1) is 0 Å². The summed E-state index contributed by atoms with van der Waals surface area (Å²) in [6.07, 6.45) is -2.50. The van der Waals surface area contributed by atoms with Crippen LogP contribution in [-0.2, 0) is 11.0 Å². The van der Waals surface area contributed by atoms with Crippen LogP contribution in [0.15, 0.2) is 24.3 Å². The van der Waals surface area contributed by atoms with Crippen LogP contribution in [0.1, 0.15) is 31.2 Å². The van der Waals surface area contributed by atoms with Gasteiger partial charge < -0.3 is 10.4 Å². The number of carbonyl (C=O) groups excluding carboxylic acids is 2. The molecule has 1 aromatic carbocycles. The zero-order chi connectivity index (χ0) is 17.3. The smallest absolute Gasteiger partial charge is 0.396 e. The van der Waals surface area contributed by atoms with Crippen molar-refractivity contribution in [2.45, 2.75) is 31.9 Å². The Morgan fingerprint density at radius 2 is 1.83 bits per heavy atom. The van der Waals surface area contributed by atoms with Crippen LogP contribution in [-0.4, -0.2) is 23.7 Å². The van der Waals surface area contributed by atoms with Crippen molar-refractivity contribution in [1.82, 2.24) is 10.9 Å². The average molecular weight is 333 g/mol. The molecule has 0 aliphatic heterocycles. The summed E-state index contributed by atoms with van der Waals surface area (Å²) < 4.78 is 37.6. The molecule has 4 N–H and O–H groups in total. The first-order valence-corrected chi connectivity index (χ1v) is 6.97. The maximum Gasteiger partial charge on any atom is 0.416 e. The number of benzene rings is 1. The van der Waals surface area contributed by atoms with E-state index < -0.39 is 23.7 Å². The molecule has 9 heteroatoms. The number of hydrogen-bond acceptors (Lipinski definition) is 3. The number of nitrogens with one attached hydrogen (secondary N) is 3. The molecule has 0 unspecified atom stereocenters. The van der Waals surface area contributed by atoms with E-state index in [1.165, 1.54) is 6.07 Å². The molecule has 0 aromatic heterocycles. The Morgan fingerprint density at radius 1 is 1.09 bits per heavy atom. The third-order valence-corrected chi connectivity index (χ3v) is 2.83. The van der Waals surface area contributed by atoms with Gasteiger partial charge in [0.2, 0.25) is 5.91 Å². The van der Waals surface area contributed by atoms with Gasteiger partial charge in [0.05, 0.1) is 5.56 Å². The summed E-state index contributed by atoms with van der Waals surface area (Å²) in [6, 6.07) is 3.28. The van der Waals surface area contributed by atoms with E-state index in [-0.39, 0.29) is 18.7 Å². The molecule has 0 fully saturated rings. The molecule has 6 nitrogen and oxygen atoms in total. The molecule has 0 saturated heterocycles. The lowest BCUT2D eigenvalue weighted by atomic mass is 10.2. The monoisotopic (exact) mass is 333 g/mol. The summed E-state index contributed by atoms with van der Waals surface area (Å²) in [7, 11) is 0. The minimum atomic E-state index is -4.50. The minimum absolute atomic E-state index is 0.0467. The Bertz CT molecular complexity index is 535. The summed E-state index contributed by atoms with van der Waals surface area (Å²) in [5.41, 5.74) is 3.26. The first kappa shape index (κ1) is 18.8. The molecular weight excluding hydrogens is 315 g/mol. The number of hydrogen-bond donors (Lipinski definition) is 4. The Hall–Kier alpha value is -2.29. The second-order valence-electron chi connectivity index (χ2n) is 4.74. The van der Waals surface area contributed by atoms with E-state index in [1.54, 1.807) is 0 Å². The predicted molar refractivity (Wildman–Crippen MR) is 77.3 cm³/mol. The maximum atomic E-state index is 12.5. The molecule has 1 aromatic rings. The van der Waals surface area contributed by atoms with Crippen LogP contribution in [0.25, 0.3) is 0 Å². The lowest BCUT2D eigenvalue weighted by molar-refractivity contribution is -0.137. The van der Waals surface area contributed by atoms with Crippen molar-refractivity contribution < 1.29 is 27.9 Å². The average Bonchev–Trinajstić information content (AvgIpc) is 2.49. The zero-order valence-electron chi connectivity index (χ0n) is 12.2. The number of unbranched alkanes of at least 4 members (excludes halogenated alkanes) is 2. The van der Waals surface area contributed by atoms with Crippen molar-refractivity contribution in [3.63, 3.8) is 0 Å². The fraction of sp³-hybridized carbons (Fsp3) is 0.429. The highest BCUT2D eigenvalue weighted by Crippen LogP contribution is 2.30. The molecule has 23 heavy (non-hydrogen) atoms. The zero-order valence-corrected chi connectivity index (χ0v) is 12.2. The van der Waals surface area contributed by atoms with Gasteiger partial charge in [0.15, 0.2) is 0 Å². The second-order valence-corrected chi connectivity index (χ2v) is 4.74. The summed E-state index contributed by atoms with van der Waals surface area (Å²) in [4.78, 5) is 22.9. The van der Waals surface area contributed by atoms with Crippen molar-refractivity contribution in [2.75, 3.05) is 11.9 Å². The van der Waals surface area contributed by atoms with Crippen LogP contribution in [0.2, 0.25) is 0 Å². The molecule has 0 aliphatic carbocycles. The number of aliphatic hydroxyl groups excluding tert-OH is 1. The van der Waals surface area contributed by atoms with Gasteiger partial charge in [-0.15, -0.1) is 0 Å². The van der Waals surface area contributed by atoms with Gasteiger partial charge >= 0.3 is 12.2 Å². The summed E-state index contributed by atoms with van der Waals surface area (Å²) in [5.74, 6) is -0.429. The second kappa shape index (κ2) is 8.99. The van der Waals surface area contributed by atoms with Crippen LogP contribution in [0.4, 0.5) is 23.7 Å². The molecule has 0 bridgehead atoms. The van der Waals surface area contributed by atoms with E-state index in [2.05, 4.69) is 10.7 Å². The number of amides is 3. The first-order valence-electron chi connectivity index (χ1n) is 6.97. The highest BCUT2D eigenvalue weighted by Gasteiger charge is 2.30. The van der Waals surface area contributed by atoms with Crippen LogP contribution in [0.3, 0.4) is 0 Å². The number of halogens is 3. The third kappa shape index (κ3) is 7.50. The Balaban J connectivity index is 2.38. The molecule has 3 amide bonds. The SMILES string of the molecule is O=C(CCCCCO)NNC(=O)Nc1cccc(C(F)(F)F)c1. The summed E-state index contributed by atoms with van der Waals surface area (Å²) in [5, 5.41) is 10.8. The number of hydrazine groups is 1. The number of urea groups is 1. The first-order chi connectivity index (χ1) is 10.8. The molecular formula is C14H18F3N3O3. The normalized spacial score (nSPS) is 11.0. The molecule has 0 atom stereocenters. The van der Waals surface area contributed by atoms with E-state index in [0.29, 0.717) is 19.3 Å². The lowest BCUT2D eigenvalue weighted by Crippen LogP contribution is -2.43. The number of aliphatic hydroxyl groups is 1. The number of rotatable bonds is 6. The van der Waals surface area contributed by atoms with Gasteiger partial charge in [-0.1, -0.05) is 12.5 Å². The van der Waals surface area contributed by atoms with Crippen LogP contribution >= 0.6 is 0 Å². The Kier molecular flexibility index (Phi) is 7.33. The van der Waals surface area contributed by atoms with Crippen molar-refractivity contribution >= 4 is 17.6 Å². The van der Waals surface area contributed by atoms with E-state index >= 15 is 0 Å². The standard InChI is InChI=1S/C14H18F3N3O3/c15-14(16,17)10-5-4-6-11(9-10)18-13(23)20-19-12(22)7-2-1-3-8-21/h4-6,9,21H,1-3,7-8H2,(H,19,22)(H2,18,20,23). The number of anilines is 1. The third-order valence-electron chi connectivity index (χ3n) is 2.83. The Labute approximate surface area is 131 Å². The van der Waals surface area contributed by atoms with Crippen LogP contribution in [0.5, 0.6) is 0 Å². The topological polar surface area (TPSA) is 90.5 Å². The number of carbonyl (C=O) groups is 2. The molecule has 0 saturated carbocycles. The molecule has 1 rings (SSSR count). The van der Waals surface area contributed by atoms with Crippen LogP contribution < -0.4 is 16.2 Å². The van der Waals surface area contributed by atoms with Gasteiger partial charge in [-0.05, 0) is 31.0 Å². The van der Waals surface area contributed by atoms with Gasteiger partial charge in [0.25, 0.3) is 0 Å². The van der Waals surface area contributed by atoms with E-state index in [4.69, 9.17) is 5.11 Å². The van der Waals surface area contributed by atoms with Crippen molar-refractivity contribution in [3.05, 3.63) is 29.8 Å². The molecule has 0 spiro atoms. The molecule has 0 heterocycles. The van der Waals surface area contributed by atoms with Crippen molar-refractivity contribution in [3.8, 4) is 0 Å².